The van der Waals surface area contributed by atoms with Crippen LogP contribution in [0.15, 0.2) is 42.5 Å². The fourth-order valence-corrected chi connectivity index (χ4v) is 3.53. The number of hydrogen-bond acceptors (Lipinski definition) is 4. The van der Waals surface area contributed by atoms with E-state index in [9.17, 15) is 14.9 Å². The number of nitro benzene ring substituents is 1. The number of halogens is 1. The summed E-state index contributed by atoms with van der Waals surface area (Å²) < 4.78 is 0. The lowest BCUT2D eigenvalue weighted by molar-refractivity contribution is -0.384. The number of likely N-dealkylation sites (tertiary alicyclic amines) is 1. The third-order valence-electron chi connectivity index (χ3n) is 4.77. The Kier molecular flexibility index (Phi) is 6.08. The van der Waals surface area contributed by atoms with E-state index in [0.717, 1.165) is 31.1 Å². The Balaban J connectivity index is 1.65. The molecule has 1 fully saturated rings. The standard InChI is InChI=1S/C20H22ClN3O3/c1-14-3-2-10-23(12-14)13-15-4-6-16(7-5-15)20(25)22-19-11-17(24(26)27)8-9-18(19)21/h4-9,11,14H,2-3,10,12-13H2,1H3,(H,22,25)/t14-/m1/s1. The Bertz CT molecular complexity index is 839. The molecule has 2 aromatic carbocycles. The number of amides is 1. The molecule has 1 heterocycles. The number of rotatable bonds is 5. The first-order valence-electron chi connectivity index (χ1n) is 8.99. The monoisotopic (exact) mass is 387 g/mol. The molecule has 1 aliphatic heterocycles. The largest absolute Gasteiger partial charge is 0.320 e. The van der Waals surface area contributed by atoms with Crippen molar-refractivity contribution in [2.24, 2.45) is 5.92 Å². The maximum atomic E-state index is 12.4. The van der Waals surface area contributed by atoms with Crippen LogP contribution in [-0.4, -0.2) is 28.8 Å². The third-order valence-corrected chi connectivity index (χ3v) is 5.10. The summed E-state index contributed by atoms with van der Waals surface area (Å²) >= 11 is 6.04. The average Bonchev–Trinajstić information content (AvgIpc) is 2.64. The molecule has 142 valence electrons. The van der Waals surface area contributed by atoms with E-state index in [1.807, 2.05) is 12.1 Å². The van der Waals surface area contributed by atoms with Gasteiger partial charge in [-0.15, -0.1) is 0 Å². The smallest absolute Gasteiger partial charge is 0.271 e. The minimum atomic E-state index is -0.526. The molecule has 0 bridgehead atoms. The molecule has 27 heavy (non-hydrogen) atoms. The SMILES string of the molecule is C[C@@H]1CCCN(Cc2ccc(C(=O)Nc3cc([N+](=O)[O-])ccc3Cl)cc2)C1. The molecule has 2 aromatic rings. The van der Waals surface area contributed by atoms with E-state index in [2.05, 4.69) is 17.1 Å². The second-order valence-electron chi connectivity index (χ2n) is 7.05. The molecule has 0 saturated carbocycles. The van der Waals surface area contributed by atoms with Gasteiger partial charge in [-0.05, 0) is 49.1 Å². The first-order chi connectivity index (χ1) is 12.9. The summed E-state index contributed by atoms with van der Waals surface area (Å²) in [6, 6.07) is 11.4. The van der Waals surface area contributed by atoms with Gasteiger partial charge in [0.25, 0.3) is 11.6 Å². The average molecular weight is 388 g/mol. The van der Waals surface area contributed by atoms with Crippen molar-refractivity contribution in [3.05, 3.63) is 68.7 Å². The van der Waals surface area contributed by atoms with Crippen molar-refractivity contribution in [1.29, 1.82) is 0 Å². The highest BCUT2D eigenvalue weighted by Gasteiger charge is 2.17. The summed E-state index contributed by atoms with van der Waals surface area (Å²) in [5.74, 6) is 0.374. The second-order valence-corrected chi connectivity index (χ2v) is 7.46. The predicted molar refractivity (Wildman–Crippen MR) is 106 cm³/mol. The van der Waals surface area contributed by atoms with Crippen LogP contribution in [-0.2, 0) is 6.54 Å². The highest BCUT2D eigenvalue weighted by atomic mass is 35.5. The number of anilines is 1. The number of hydrogen-bond donors (Lipinski definition) is 1. The fourth-order valence-electron chi connectivity index (χ4n) is 3.37. The lowest BCUT2D eigenvalue weighted by Gasteiger charge is -2.30. The molecular weight excluding hydrogens is 366 g/mol. The van der Waals surface area contributed by atoms with Gasteiger partial charge >= 0.3 is 0 Å². The van der Waals surface area contributed by atoms with Crippen molar-refractivity contribution in [1.82, 2.24) is 4.90 Å². The zero-order chi connectivity index (χ0) is 19.4. The molecule has 1 atom stereocenters. The van der Waals surface area contributed by atoms with Crippen molar-refractivity contribution in [2.45, 2.75) is 26.3 Å². The molecule has 1 aliphatic rings. The van der Waals surface area contributed by atoms with E-state index in [-0.39, 0.29) is 22.3 Å². The van der Waals surface area contributed by atoms with Crippen molar-refractivity contribution in [3.63, 3.8) is 0 Å². The number of nitrogens with one attached hydrogen (secondary N) is 1. The number of nitrogens with zero attached hydrogens (tertiary/aromatic N) is 2. The van der Waals surface area contributed by atoms with E-state index in [1.165, 1.54) is 31.0 Å². The van der Waals surface area contributed by atoms with Gasteiger partial charge in [0.1, 0.15) is 0 Å². The lowest BCUT2D eigenvalue weighted by atomic mass is 9.99. The summed E-state index contributed by atoms with van der Waals surface area (Å²) in [5, 5.41) is 13.8. The minimum absolute atomic E-state index is 0.124. The summed E-state index contributed by atoms with van der Waals surface area (Å²) in [6.07, 6.45) is 2.52. The maximum Gasteiger partial charge on any atom is 0.271 e. The van der Waals surface area contributed by atoms with Gasteiger partial charge in [-0.3, -0.25) is 19.8 Å². The molecule has 0 unspecified atom stereocenters. The van der Waals surface area contributed by atoms with Crippen LogP contribution in [0.2, 0.25) is 5.02 Å². The van der Waals surface area contributed by atoms with Gasteiger partial charge in [-0.25, -0.2) is 0 Å². The predicted octanol–water partition coefficient (Wildman–Crippen LogP) is 4.73. The first kappa shape index (κ1) is 19.3. The molecule has 1 amide bonds. The number of non-ortho nitro benzene ring substituents is 1. The number of piperidine rings is 1. The summed E-state index contributed by atoms with van der Waals surface area (Å²) in [7, 11) is 0. The highest BCUT2D eigenvalue weighted by molar-refractivity contribution is 6.34. The van der Waals surface area contributed by atoms with Crippen LogP contribution in [0.3, 0.4) is 0 Å². The van der Waals surface area contributed by atoms with Gasteiger partial charge in [-0.1, -0.05) is 30.7 Å². The van der Waals surface area contributed by atoms with Gasteiger partial charge in [0.15, 0.2) is 0 Å². The van der Waals surface area contributed by atoms with Crippen molar-refractivity contribution in [2.75, 3.05) is 18.4 Å². The van der Waals surface area contributed by atoms with Gasteiger partial charge in [-0.2, -0.15) is 0 Å². The topological polar surface area (TPSA) is 75.5 Å². The Morgan fingerprint density at radius 1 is 1.30 bits per heavy atom. The third kappa shape index (κ3) is 5.05. The van der Waals surface area contributed by atoms with E-state index in [4.69, 9.17) is 11.6 Å². The molecule has 1 N–H and O–H groups in total. The molecule has 3 rings (SSSR count). The Hall–Kier alpha value is -2.44. The summed E-state index contributed by atoms with van der Waals surface area (Å²) in [5.41, 5.74) is 1.74. The van der Waals surface area contributed by atoms with Gasteiger partial charge in [0, 0.05) is 30.8 Å². The van der Waals surface area contributed by atoms with Gasteiger partial charge in [0.2, 0.25) is 0 Å². The van der Waals surface area contributed by atoms with Crippen LogP contribution in [0, 0.1) is 16.0 Å². The van der Waals surface area contributed by atoms with Gasteiger partial charge < -0.3 is 5.32 Å². The molecule has 0 aliphatic carbocycles. The second kappa shape index (κ2) is 8.50. The number of benzene rings is 2. The minimum Gasteiger partial charge on any atom is -0.320 e. The Labute approximate surface area is 163 Å². The molecule has 0 spiro atoms. The van der Waals surface area contributed by atoms with Crippen LogP contribution in [0.25, 0.3) is 0 Å². The van der Waals surface area contributed by atoms with Gasteiger partial charge in [0.05, 0.1) is 15.6 Å². The fraction of sp³-hybridized carbons (Fsp3) is 0.350. The summed E-state index contributed by atoms with van der Waals surface area (Å²) in [4.78, 5) is 25.2. The van der Waals surface area contributed by atoms with Crippen molar-refractivity contribution >= 4 is 28.9 Å². The molecule has 6 nitrogen and oxygen atoms in total. The molecule has 0 aromatic heterocycles. The number of carbonyl (C=O) groups excluding carboxylic acids is 1. The molecular formula is C20H22ClN3O3. The van der Waals surface area contributed by atoms with Crippen LogP contribution in [0.5, 0.6) is 0 Å². The van der Waals surface area contributed by atoms with E-state index >= 15 is 0 Å². The van der Waals surface area contributed by atoms with Crippen LogP contribution < -0.4 is 5.32 Å². The van der Waals surface area contributed by atoms with Crippen LogP contribution >= 0.6 is 11.6 Å². The molecule has 7 heteroatoms. The van der Waals surface area contributed by atoms with Crippen molar-refractivity contribution < 1.29 is 9.72 Å². The van der Waals surface area contributed by atoms with Crippen molar-refractivity contribution in [3.8, 4) is 0 Å². The summed E-state index contributed by atoms with van der Waals surface area (Å²) in [6.45, 7) is 5.37. The Morgan fingerprint density at radius 2 is 2.04 bits per heavy atom. The first-order valence-corrected chi connectivity index (χ1v) is 9.37. The van der Waals surface area contributed by atoms with E-state index in [0.29, 0.717) is 5.56 Å². The Morgan fingerprint density at radius 3 is 2.70 bits per heavy atom. The number of carbonyl (C=O) groups is 1. The molecule has 1 saturated heterocycles. The quantitative estimate of drug-likeness (QED) is 0.594. The molecule has 0 radical (unpaired) electrons. The van der Waals surface area contributed by atoms with Crippen LogP contribution in [0.1, 0.15) is 35.7 Å². The lowest BCUT2D eigenvalue weighted by Crippen LogP contribution is -2.33. The zero-order valence-corrected chi connectivity index (χ0v) is 15.9. The van der Waals surface area contributed by atoms with Crippen LogP contribution in [0.4, 0.5) is 11.4 Å². The zero-order valence-electron chi connectivity index (χ0n) is 15.2. The normalized spacial score (nSPS) is 17.5. The van der Waals surface area contributed by atoms with E-state index in [1.54, 1.807) is 12.1 Å². The highest BCUT2D eigenvalue weighted by Crippen LogP contribution is 2.27. The number of nitro groups is 1. The van der Waals surface area contributed by atoms with E-state index < -0.39 is 4.92 Å². The maximum absolute atomic E-state index is 12.4.